The van der Waals surface area contributed by atoms with Crippen LogP contribution in [0.25, 0.3) is 6.08 Å². The first-order chi connectivity index (χ1) is 9.17. The predicted molar refractivity (Wildman–Crippen MR) is 74.2 cm³/mol. The number of hydrogen-bond acceptors (Lipinski definition) is 4. The number of methoxy groups -OCH3 is 1. The third-order valence-corrected chi connectivity index (χ3v) is 2.61. The fourth-order valence-corrected chi connectivity index (χ4v) is 1.54. The first kappa shape index (κ1) is 15.1. The van der Waals surface area contributed by atoms with Crippen molar-refractivity contribution in [2.45, 2.75) is 26.2 Å². The van der Waals surface area contributed by atoms with Gasteiger partial charge in [0.15, 0.2) is 11.5 Å². The summed E-state index contributed by atoms with van der Waals surface area (Å²) in [6.07, 6.45) is 6.05. The molecule has 0 fully saturated rings. The minimum Gasteiger partial charge on any atom is -0.504 e. The molecule has 0 aromatic heterocycles. The van der Waals surface area contributed by atoms with Crippen LogP contribution in [0.4, 0.5) is 0 Å². The lowest BCUT2D eigenvalue weighted by Crippen LogP contribution is -2.01. The van der Waals surface area contributed by atoms with Crippen LogP contribution < -0.4 is 4.74 Å². The molecule has 1 rings (SSSR count). The van der Waals surface area contributed by atoms with Gasteiger partial charge in [0.1, 0.15) is 0 Å². The Morgan fingerprint density at radius 1 is 1.37 bits per heavy atom. The van der Waals surface area contributed by atoms with Crippen LogP contribution in [0.5, 0.6) is 11.5 Å². The van der Waals surface area contributed by atoms with Crippen LogP contribution in [-0.4, -0.2) is 24.8 Å². The highest BCUT2D eigenvalue weighted by molar-refractivity contribution is 5.87. The molecule has 0 amide bonds. The van der Waals surface area contributed by atoms with Crippen LogP contribution in [0.2, 0.25) is 0 Å². The van der Waals surface area contributed by atoms with E-state index in [4.69, 9.17) is 9.47 Å². The third-order valence-electron chi connectivity index (χ3n) is 2.61. The van der Waals surface area contributed by atoms with Gasteiger partial charge in [0.25, 0.3) is 0 Å². The van der Waals surface area contributed by atoms with E-state index in [1.165, 1.54) is 19.3 Å². The van der Waals surface area contributed by atoms with Gasteiger partial charge in [-0.3, -0.25) is 0 Å². The number of ether oxygens (including phenoxy) is 2. The number of aromatic hydroxyl groups is 1. The third kappa shape index (κ3) is 5.46. The largest absolute Gasteiger partial charge is 0.504 e. The van der Waals surface area contributed by atoms with E-state index >= 15 is 0 Å². The van der Waals surface area contributed by atoms with Gasteiger partial charge in [-0.2, -0.15) is 0 Å². The summed E-state index contributed by atoms with van der Waals surface area (Å²) in [6, 6.07) is 4.86. The molecule has 1 aromatic carbocycles. The normalized spacial score (nSPS) is 10.6. The van der Waals surface area contributed by atoms with Gasteiger partial charge >= 0.3 is 5.97 Å². The Morgan fingerprint density at radius 2 is 2.16 bits per heavy atom. The molecule has 4 nitrogen and oxygen atoms in total. The van der Waals surface area contributed by atoms with Crippen molar-refractivity contribution in [3.05, 3.63) is 29.8 Å². The highest BCUT2D eigenvalue weighted by Crippen LogP contribution is 2.26. The number of hydrogen-bond donors (Lipinski definition) is 1. The lowest BCUT2D eigenvalue weighted by Gasteiger charge is -2.03. The number of carbonyl (C=O) groups is 1. The zero-order valence-electron chi connectivity index (χ0n) is 11.4. The molecule has 0 spiro atoms. The fourth-order valence-electron chi connectivity index (χ4n) is 1.54. The van der Waals surface area contributed by atoms with Gasteiger partial charge in [0.05, 0.1) is 13.7 Å². The van der Waals surface area contributed by atoms with Gasteiger partial charge in [-0.05, 0) is 30.2 Å². The molecule has 104 valence electrons. The number of rotatable bonds is 7. The van der Waals surface area contributed by atoms with Crippen molar-refractivity contribution in [1.29, 1.82) is 0 Å². The highest BCUT2D eigenvalue weighted by Gasteiger charge is 2.01. The molecule has 19 heavy (non-hydrogen) atoms. The van der Waals surface area contributed by atoms with E-state index in [0.717, 1.165) is 24.8 Å². The maximum absolute atomic E-state index is 11.4. The molecule has 0 bridgehead atoms. The summed E-state index contributed by atoms with van der Waals surface area (Å²) < 4.78 is 10.0. The smallest absolute Gasteiger partial charge is 0.330 e. The molecule has 1 aromatic rings. The van der Waals surface area contributed by atoms with Crippen molar-refractivity contribution in [3.8, 4) is 11.5 Å². The fraction of sp³-hybridized carbons (Fsp3) is 0.400. The molecule has 0 atom stereocenters. The standard InChI is InChI=1S/C15H20O4/c1-3-4-5-10-19-15(17)9-7-12-6-8-13(16)14(11-12)18-2/h6-9,11,16H,3-5,10H2,1-2H3/b9-7+. The second-order valence-corrected chi connectivity index (χ2v) is 4.14. The summed E-state index contributed by atoms with van der Waals surface area (Å²) in [4.78, 5) is 11.4. The van der Waals surface area contributed by atoms with Gasteiger partial charge < -0.3 is 14.6 Å². The van der Waals surface area contributed by atoms with Crippen molar-refractivity contribution in [2.24, 2.45) is 0 Å². The Hall–Kier alpha value is -1.97. The van der Waals surface area contributed by atoms with E-state index < -0.39 is 0 Å². The predicted octanol–water partition coefficient (Wildman–Crippen LogP) is 3.15. The highest BCUT2D eigenvalue weighted by atomic mass is 16.5. The minimum atomic E-state index is -0.358. The van der Waals surface area contributed by atoms with Gasteiger partial charge in [-0.15, -0.1) is 0 Å². The Kier molecular flexibility index (Phi) is 6.50. The van der Waals surface area contributed by atoms with Crippen LogP contribution in [0.1, 0.15) is 31.7 Å². The molecule has 0 saturated carbocycles. The monoisotopic (exact) mass is 264 g/mol. The second-order valence-electron chi connectivity index (χ2n) is 4.14. The summed E-state index contributed by atoms with van der Waals surface area (Å²) in [5.41, 5.74) is 0.764. The zero-order chi connectivity index (χ0) is 14.1. The Labute approximate surface area is 113 Å². The molecule has 1 N–H and O–H groups in total. The number of phenols is 1. The van der Waals surface area contributed by atoms with Crippen LogP contribution in [-0.2, 0) is 9.53 Å². The number of unbranched alkanes of at least 4 members (excludes halogenated alkanes) is 2. The molecule has 0 unspecified atom stereocenters. The van der Waals surface area contributed by atoms with Crippen molar-refractivity contribution in [1.82, 2.24) is 0 Å². The van der Waals surface area contributed by atoms with Gasteiger partial charge in [0.2, 0.25) is 0 Å². The van der Waals surface area contributed by atoms with Gasteiger partial charge in [0, 0.05) is 6.08 Å². The van der Waals surface area contributed by atoms with Crippen LogP contribution in [0, 0.1) is 0 Å². The van der Waals surface area contributed by atoms with E-state index in [9.17, 15) is 9.90 Å². The first-order valence-electron chi connectivity index (χ1n) is 6.39. The van der Waals surface area contributed by atoms with E-state index in [1.54, 1.807) is 18.2 Å². The van der Waals surface area contributed by atoms with E-state index in [1.807, 2.05) is 0 Å². The second kappa shape index (κ2) is 8.19. The quantitative estimate of drug-likeness (QED) is 0.467. The topological polar surface area (TPSA) is 55.8 Å². The molecular formula is C15H20O4. The lowest BCUT2D eigenvalue weighted by molar-refractivity contribution is -0.137. The molecule has 0 aliphatic carbocycles. The Bertz CT molecular complexity index is 438. The number of benzene rings is 1. The maximum Gasteiger partial charge on any atom is 0.330 e. The first-order valence-corrected chi connectivity index (χ1v) is 6.39. The molecular weight excluding hydrogens is 244 g/mol. The van der Waals surface area contributed by atoms with E-state index in [-0.39, 0.29) is 11.7 Å². The van der Waals surface area contributed by atoms with Crippen LogP contribution in [0.3, 0.4) is 0 Å². The summed E-state index contributed by atoms with van der Waals surface area (Å²) in [5.74, 6) is 0.0865. The van der Waals surface area contributed by atoms with Crippen molar-refractivity contribution < 1.29 is 19.4 Å². The van der Waals surface area contributed by atoms with Crippen molar-refractivity contribution in [2.75, 3.05) is 13.7 Å². The molecule has 0 radical (unpaired) electrons. The van der Waals surface area contributed by atoms with Gasteiger partial charge in [-0.25, -0.2) is 4.79 Å². The lowest BCUT2D eigenvalue weighted by atomic mass is 10.2. The Morgan fingerprint density at radius 3 is 2.84 bits per heavy atom. The SMILES string of the molecule is CCCCCOC(=O)/C=C/c1ccc(O)c(OC)c1. The average Bonchev–Trinajstić information content (AvgIpc) is 2.42. The minimum absolute atomic E-state index is 0.0711. The number of carbonyl (C=O) groups excluding carboxylic acids is 1. The van der Waals surface area contributed by atoms with E-state index in [0.29, 0.717) is 12.4 Å². The van der Waals surface area contributed by atoms with Crippen LogP contribution in [0.15, 0.2) is 24.3 Å². The van der Waals surface area contributed by atoms with Crippen LogP contribution >= 0.6 is 0 Å². The van der Waals surface area contributed by atoms with Gasteiger partial charge in [-0.1, -0.05) is 25.8 Å². The summed E-state index contributed by atoms with van der Waals surface area (Å²) >= 11 is 0. The number of phenolic OH excluding ortho intramolecular Hbond substituents is 1. The molecule has 0 saturated heterocycles. The van der Waals surface area contributed by atoms with Crippen molar-refractivity contribution >= 4 is 12.0 Å². The maximum atomic E-state index is 11.4. The summed E-state index contributed by atoms with van der Waals surface area (Å²) in [6.45, 7) is 2.55. The molecule has 0 aliphatic rings. The zero-order valence-corrected chi connectivity index (χ0v) is 11.4. The molecule has 0 heterocycles. The summed E-state index contributed by atoms with van der Waals surface area (Å²) in [5, 5.41) is 9.44. The molecule has 0 aliphatic heterocycles. The average molecular weight is 264 g/mol. The van der Waals surface area contributed by atoms with E-state index in [2.05, 4.69) is 6.92 Å². The Balaban J connectivity index is 2.49. The van der Waals surface area contributed by atoms with Crippen molar-refractivity contribution in [3.63, 3.8) is 0 Å². The number of esters is 1. The molecule has 4 heteroatoms. The summed E-state index contributed by atoms with van der Waals surface area (Å²) in [7, 11) is 1.48.